The summed E-state index contributed by atoms with van der Waals surface area (Å²) in [5.74, 6) is 0.768. The Balaban J connectivity index is 1.59. The highest BCUT2D eigenvalue weighted by molar-refractivity contribution is 8.13. The number of rotatable bonds is 5. The van der Waals surface area contributed by atoms with Crippen LogP contribution in [0, 0.1) is 0 Å². The van der Waals surface area contributed by atoms with Crippen LogP contribution in [0.1, 0.15) is 11.1 Å². The minimum atomic E-state index is 0.433. The fourth-order valence-corrected chi connectivity index (χ4v) is 3.26. The predicted molar refractivity (Wildman–Crippen MR) is 119 cm³/mol. The molecule has 0 heterocycles. The van der Waals surface area contributed by atoms with Gasteiger partial charge in [0.15, 0.2) is 5.17 Å². The van der Waals surface area contributed by atoms with Gasteiger partial charge in [-0.25, -0.2) is 0 Å². The molecule has 0 aromatic heterocycles. The van der Waals surface area contributed by atoms with Crippen LogP contribution in [0.15, 0.2) is 83.0 Å². The van der Waals surface area contributed by atoms with Crippen LogP contribution >= 0.6 is 35.0 Å². The van der Waals surface area contributed by atoms with E-state index >= 15 is 0 Å². The van der Waals surface area contributed by atoms with E-state index in [2.05, 4.69) is 22.3 Å². The van der Waals surface area contributed by atoms with Crippen molar-refractivity contribution in [2.45, 2.75) is 5.75 Å². The van der Waals surface area contributed by atoms with E-state index in [1.54, 1.807) is 12.3 Å². The molecular formula is C21H17Cl2N3S. The second kappa shape index (κ2) is 9.60. The van der Waals surface area contributed by atoms with Gasteiger partial charge < -0.3 is 5.73 Å². The van der Waals surface area contributed by atoms with E-state index in [0.717, 1.165) is 22.4 Å². The van der Waals surface area contributed by atoms with E-state index in [1.807, 2.05) is 54.6 Å². The van der Waals surface area contributed by atoms with Crippen molar-refractivity contribution < 1.29 is 0 Å². The van der Waals surface area contributed by atoms with Crippen LogP contribution in [0.25, 0.3) is 11.1 Å². The highest BCUT2D eigenvalue weighted by Gasteiger charge is 2.02. The van der Waals surface area contributed by atoms with E-state index in [9.17, 15) is 0 Å². The fourth-order valence-electron chi connectivity index (χ4n) is 2.35. The summed E-state index contributed by atoms with van der Waals surface area (Å²) in [4.78, 5) is 0. The third kappa shape index (κ3) is 5.86. The molecule has 2 N–H and O–H groups in total. The molecule has 6 heteroatoms. The Bertz CT molecular complexity index is 955. The van der Waals surface area contributed by atoms with Crippen molar-refractivity contribution in [2.75, 3.05) is 0 Å². The van der Waals surface area contributed by atoms with Crippen molar-refractivity contribution >= 4 is 46.3 Å². The molecule has 0 saturated carbocycles. The first-order valence-electron chi connectivity index (χ1n) is 8.20. The molecule has 0 fully saturated rings. The summed E-state index contributed by atoms with van der Waals surface area (Å²) in [7, 11) is 0. The van der Waals surface area contributed by atoms with E-state index < -0.39 is 0 Å². The summed E-state index contributed by atoms with van der Waals surface area (Å²) in [5.41, 5.74) is 10.1. The summed E-state index contributed by atoms with van der Waals surface area (Å²) in [6.07, 6.45) is 1.68. The summed E-state index contributed by atoms with van der Waals surface area (Å²) < 4.78 is 0. The van der Waals surface area contributed by atoms with Crippen molar-refractivity contribution in [2.24, 2.45) is 15.9 Å². The van der Waals surface area contributed by atoms with Crippen molar-refractivity contribution in [1.29, 1.82) is 0 Å². The molecule has 0 saturated heterocycles. The van der Waals surface area contributed by atoms with Gasteiger partial charge in [-0.1, -0.05) is 95.6 Å². The zero-order chi connectivity index (χ0) is 19.1. The molecule has 136 valence electrons. The fraction of sp³-hybridized carbons (Fsp3) is 0.0476. The highest BCUT2D eigenvalue weighted by Crippen LogP contribution is 2.28. The summed E-state index contributed by atoms with van der Waals surface area (Å²) >= 11 is 13.5. The molecule has 0 aliphatic rings. The van der Waals surface area contributed by atoms with Gasteiger partial charge in [0, 0.05) is 5.75 Å². The van der Waals surface area contributed by atoms with Crippen LogP contribution in [0.4, 0.5) is 0 Å². The average molecular weight is 414 g/mol. The first kappa shape index (κ1) is 19.5. The number of hydrogen-bond acceptors (Lipinski definition) is 3. The van der Waals surface area contributed by atoms with E-state index in [0.29, 0.717) is 15.2 Å². The Morgan fingerprint density at radius 1 is 0.889 bits per heavy atom. The Morgan fingerprint density at radius 2 is 1.59 bits per heavy atom. The van der Waals surface area contributed by atoms with Gasteiger partial charge in [-0.15, -0.1) is 5.10 Å². The Morgan fingerprint density at radius 3 is 2.30 bits per heavy atom. The lowest BCUT2D eigenvalue weighted by atomic mass is 10.0. The van der Waals surface area contributed by atoms with Crippen LogP contribution < -0.4 is 5.73 Å². The van der Waals surface area contributed by atoms with Crippen LogP contribution in [0.5, 0.6) is 0 Å². The van der Waals surface area contributed by atoms with Gasteiger partial charge in [-0.3, -0.25) is 0 Å². The Kier molecular flexibility index (Phi) is 6.93. The molecule has 27 heavy (non-hydrogen) atoms. The maximum atomic E-state index is 6.08. The molecule has 0 radical (unpaired) electrons. The van der Waals surface area contributed by atoms with Crippen molar-refractivity contribution in [1.82, 2.24) is 0 Å². The van der Waals surface area contributed by atoms with Crippen molar-refractivity contribution in [3.05, 3.63) is 94.0 Å². The number of benzene rings is 3. The number of halogens is 2. The number of thioether (sulfide) groups is 1. The minimum absolute atomic E-state index is 0.433. The van der Waals surface area contributed by atoms with Gasteiger partial charge >= 0.3 is 0 Å². The molecular weight excluding hydrogens is 397 g/mol. The molecule has 0 amide bonds. The maximum Gasteiger partial charge on any atom is 0.180 e. The number of nitrogens with zero attached hydrogens (tertiary/aromatic N) is 2. The first-order chi connectivity index (χ1) is 13.1. The predicted octanol–water partition coefficient (Wildman–Crippen LogP) is 6.24. The van der Waals surface area contributed by atoms with Crippen LogP contribution in [-0.2, 0) is 5.75 Å². The number of hydrogen-bond donors (Lipinski definition) is 1. The molecule has 3 nitrogen and oxygen atoms in total. The van der Waals surface area contributed by atoms with Gasteiger partial charge in [-0.05, 0) is 34.4 Å². The summed E-state index contributed by atoms with van der Waals surface area (Å²) in [6, 6.07) is 23.6. The summed E-state index contributed by atoms with van der Waals surface area (Å²) in [6.45, 7) is 0. The molecule has 3 aromatic rings. The lowest BCUT2D eigenvalue weighted by molar-refractivity contribution is 1.25. The van der Waals surface area contributed by atoms with Gasteiger partial charge in [0.1, 0.15) is 0 Å². The molecule has 3 aromatic carbocycles. The molecule has 0 spiro atoms. The van der Waals surface area contributed by atoms with Gasteiger partial charge in [0.2, 0.25) is 0 Å². The lowest BCUT2D eigenvalue weighted by Crippen LogP contribution is -2.05. The maximum absolute atomic E-state index is 6.08. The molecule has 0 aliphatic heterocycles. The van der Waals surface area contributed by atoms with Crippen LogP contribution in [0.2, 0.25) is 10.0 Å². The smallest absolute Gasteiger partial charge is 0.180 e. The molecule has 0 atom stereocenters. The molecule has 0 bridgehead atoms. The van der Waals surface area contributed by atoms with E-state index in [1.165, 1.54) is 17.3 Å². The van der Waals surface area contributed by atoms with Gasteiger partial charge in [-0.2, -0.15) is 5.10 Å². The summed E-state index contributed by atoms with van der Waals surface area (Å²) in [5, 5.41) is 9.61. The standard InChI is InChI=1S/C21H17Cl2N3S/c22-19-11-10-18(12-20(19)23)17-8-6-15(7-9-17)13-25-26-21(24)27-14-16-4-2-1-3-5-16/h1-13H,14H2,(H2,24,26). The monoisotopic (exact) mass is 413 g/mol. The molecule has 0 aliphatic carbocycles. The highest BCUT2D eigenvalue weighted by atomic mass is 35.5. The number of nitrogens with two attached hydrogens (primary N) is 1. The minimum Gasteiger partial charge on any atom is -0.377 e. The third-order valence-electron chi connectivity index (χ3n) is 3.76. The largest absolute Gasteiger partial charge is 0.377 e. The van der Waals surface area contributed by atoms with Gasteiger partial charge in [0.05, 0.1) is 16.3 Å². The zero-order valence-electron chi connectivity index (χ0n) is 14.3. The molecule has 0 unspecified atom stereocenters. The van der Waals surface area contributed by atoms with Crippen LogP contribution in [0.3, 0.4) is 0 Å². The van der Waals surface area contributed by atoms with E-state index in [4.69, 9.17) is 28.9 Å². The quantitative estimate of drug-likeness (QED) is 0.305. The van der Waals surface area contributed by atoms with Crippen molar-refractivity contribution in [3.63, 3.8) is 0 Å². The lowest BCUT2D eigenvalue weighted by Gasteiger charge is -2.04. The normalized spacial score (nSPS) is 11.9. The average Bonchev–Trinajstić information content (AvgIpc) is 2.70. The number of amidine groups is 1. The van der Waals surface area contributed by atoms with Crippen molar-refractivity contribution in [3.8, 4) is 11.1 Å². The second-order valence-electron chi connectivity index (χ2n) is 5.71. The van der Waals surface area contributed by atoms with Crippen LogP contribution in [-0.4, -0.2) is 11.4 Å². The second-order valence-corrected chi connectivity index (χ2v) is 7.52. The van der Waals surface area contributed by atoms with E-state index in [-0.39, 0.29) is 0 Å². The SMILES string of the molecule is NC(=NN=Cc1ccc(-c2ccc(Cl)c(Cl)c2)cc1)SCc1ccccc1. The Labute approximate surface area is 172 Å². The topological polar surface area (TPSA) is 50.7 Å². The third-order valence-corrected chi connectivity index (χ3v) is 5.35. The first-order valence-corrected chi connectivity index (χ1v) is 9.95. The molecule has 3 rings (SSSR count). The van der Waals surface area contributed by atoms with Gasteiger partial charge in [0.25, 0.3) is 0 Å². The zero-order valence-corrected chi connectivity index (χ0v) is 16.7. The Hall–Kier alpha value is -2.27.